The summed E-state index contributed by atoms with van der Waals surface area (Å²) in [4.78, 5) is 10.5. The molecule has 0 aromatic heterocycles. The number of aliphatic carboxylic acids is 1. The van der Waals surface area contributed by atoms with Crippen molar-refractivity contribution in [3.05, 3.63) is 29.8 Å². The average molecular weight is 250 g/mol. The number of hydrogen-bond acceptors (Lipinski definition) is 2. The number of aryl methyl sites for hydroxylation is 1. The molecular formula is C15H22O3. The Bertz CT molecular complexity index is 357. The molecule has 0 unspecified atom stereocenters. The summed E-state index contributed by atoms with van der Waals surface area (Å²) in [6, 6.07) is 7.69. The standard InChI is InChI=1S/C15H22O3/c1-3-4-12(2)11-18-14-8-5-13(6-9-14)7-10-15(16)17/h5-6,8-9,12H,3-4,7,10-11H2,1-2H3,(H,16,17)/t12-/m1/s1. The summed E-state index contributed by atoms with van der Waals surface area (Å²) < 4.78 is 5.68. The third-order valence-electron chi connectivity index (χ3n) is 2.87. The van der Waals surface area contributed by atoms with Gasteiger partial charge in [-0.2, -0.15) is 0 Å². The van der Waals surface area contributed by atoms with Gasteiger partial charge < -0.3 is 9.84 Å². The van der Waals surface area contributed by atoms with Gasteiger partial charge in [0, 0.05) is 6.42 Å². The minimum atomic E-state index is -0.760. The first kappa shape index (κ1) is 14.6. The first-order valence-electron chi connectivity index (χ1n) is 6.55. The Labute approximate surface area is 109 Å². The van der Waals surface area contributed by atoms with Crippen LogP contribution in [0.4, 0.5) is 0 Å². The Hall–Kier alpha value is -1.51. The molecule has 0 saturated heterocycles. The number of ether oxygens (including phenoxy) is 1. The Morgan fingerprint density at radius 1 is 1.33 bits per heavy atom. The first-order chi connectivity index (χ1) is 8.61. The smallest absolute Gasteiger partial charge is 0.303 e. The Morgan fingerprint density at radius 3 is 2.56 bits per heavy atom. The van der Waals surface area contributed by atoms with Crippen LogP contribution in [0, 0.1) is 5.92 Å². The molecule has 0 aliphatic rings. The highest BCUT2D eigenvalue weighted by Gasteiger charge is 2.03. The van der Waals surface area contributed by atoms with Crippen LogP contribution in [0.2, 0.25) is 0 Å². The normalized spacial score (nSPS) is 12.1. The van der Waals surface area contributed by atoms with E-state index in [0.29, 0.717) is 12.3 Å². The average Bonchev–Trinajstić information content (AvgIpc) is 2.35. The molecule has 0 saturated carbocycles. The van der Waals surface area contributed by atoms with Gasteiger partial charge in [0.1, 0.15) is 5.75 Å². The summed E-state index contributed by atoms with van der Waals surface area (Å²) in [5.74, 6) is 0.669. The summed E-state index contributed by atoms with van der Waals surface area (Å²) >= 11 is 0. The summed E-state index contributed by atoms with van der Waals surface area (Å²) in [6.07, 6.45) is 3.10. The topological polar surface area (TPSA) is 46.5 Å². The molecule has 18 heavy (non-hydrogen) atoms. The second-order valence-corrected chi connectivity index (χ2v) is 4.74. The highest BCUT2D eigenvalue weighted by atomic mass is 16.5. The summed E-state index contributed by atoms with van der Waals surface area (Å²) in [5, 5.41) is 8.60. The Kier molecular flexibility index (Phi) is 6.26. The van der Waals surface area contributed by atoms with Gasteiger partial charge in [0.2, 0.25) is 0 Å². The number of hydrogen-bond donors (Lipinski definition) is 1. The van der Waals surface area contributed by atoms with Crippen molar-refractivity contribution in [2.45, 2.75) is 39.5 Å². The largest absolute Gasteiger partial charge is 0.493 e. The van der Waals surface area contributed by atoms with Crippen LogP contribution in [0.3, 0.4) is 0 Å². The van der Waals surface area contributed by atoms with E-state index in [1.54, 1.807) is 0 Å². The second kappa shape index (κ2) is 7.75. The lowest BCUT2D eigenvalue weighted by molar-refractivity contribution is -0.136. The van der Waals surface area contributed by atoms with Crippen molar-refractivity contribution in [2.24, 2.45) is 5.92 Å². The maximum atomic E-state index is 10.5. The molecule has 1 N–H and O–H groups in total. The van der Waals surface area contributed by atoms with E-state index in [1.165, 1.54) is 12.8 Å². The predicted octanol–water partition coefficient (Wildman–Crippen LogP) is 3.52. The van der Waals surface area contributed by atoms with Gasteiger partial charge in [-0.3, -0.25) is 4.79 Å². The molecule has 0 fully saturated rings. The molecule has 0 heterocycles. The zero-order valence-electron chi connectivity index (χ0n) is 11.2. The zero-order valence-corrected chi connectivity index (χ0v) is 11.2. The summed E-state index contributed by atoms with van der Waals surface area (Å²) in [7, 11) is 0. The molecule has 1 rings (SSSR count). The van der Waals surface area contributed by atoms with E-state index in [9.17, 15) is 4.79 Å². The van der Waals surface area contributed by atoms with Crippen LogP contribution >= 0.6 is 0 Å². The molecule has 0 bridgehead atoms. The molecule has 0 spiro atoms. The molecule has 0 amide bonds. The third kappa shape index (κ3) is 5.71. The zero-order chi connectivity index (χ0) is 13.4. The lowest BCUT2D eigenvalue weighted by atomic mass is 10.1. The Morgan fingerprint density at radius 2 is 2.00 bits per heavy atom. The number of benzene rings is 1. The minimum absolute atomic E-state index is 0.174. The van der Waals surface area contributed by atoms with Crippen molar-refractivity contribution in [1.82, 2.24) is 0 Å². The van der Waals surface area contributed by atoms with Gasteiger partial charge in [-0.05, 0) is 36.5 Å². The van der Waals surface area contributed by atoms with Crippen LogP contribution < -0.4 is 4.74 Å². The van der Waals surface area contributed by atoms with Gasteiger partial charge in [-0.25, -0.2) is 0 Å². The van der Waals surface area contributed by atoms with Crippen molar-refractivity contribution in [2.75, 3.05) is 6.61 Å². The van der Waals surface area contributed by atoms with E-state index in [2.05, 4.69) is 13.8 Å². The van der Waals surface area contributed by atoms with E-state index in [1.807, 2.05) is 24.3 Å². The lowest BCUT2D eigenvalue weighted by Gasteiger charge is -2.12. The fourth-order valence-electron chi connectivity index (χ4n) is 1.82. The van der Waals surface area contributed by atoms with Gasteiger partial charge >= 0.3 is 5.97 Å². The monoisotopic (exact) mass is 250 g/mol. The molecule has 0 radical (unpaired) electrons. The Balaban J connectivity index is 2.38. The number of carbonyl (C=O) groups is 1. The second-order valence-electron chi connectivity index (χ2n) is 4.74. The van der Waals surface area contributed by atoms with E-state index in [0.717, 1.165) is 17.9 Å². The molecule has 0 aliphatic carbocycles. The number of rotatable bonds is 8. The van der Waals surface area contributed by atoms with E-state index >= 15 is 0 Å². The van der Waals surface area contributed by atoms with Crippen LogP contribution in [0.25, 0.3) is 0 Å². The molecule has 3 heteroatoms. The van der Waals surface area contributed by atoms with Crippen molar-refractivity contribution >= 4 is 5.97 Å². The fourth-order valence-corrected chi connectivity index (χ4v) is 1.82. The SMILES string of the molecule is CCC[C@@H](C)COc1ccc(CCC(=O)O)cc1. The number of carboxylic acids is 1. The third-order valence-corrected chi connectivity index (χ3v) is 2.87. The van der Waals surface area contributed by atoms with Crippen molar-refractivity contribution in [3.63, 3.8) is 0 Å². The van der Waals surface area contributed by atoms with Crippen molar-refractivity contribution < 1.29 is 14.6 Å². The number of carboxylic acid groups (broad SMARTS) is 1. The molecule has 0 aliphatic heterocycles. The van der Waals surface area contributed by atoms with Gasteiger partial charge in [0.25, 0.3) is 0 Å². The molecule has 100 valence electrons. The van der Waals surface area contributed by atoms with Gasteiger partial charge in [-0.1, -0.05) is 32.4 Å². The molecular weight excluding hydrogens is 228 g/mol. The predicted molar refractivity (Wildman–Crippen MR) is 72.0 cm³/mol. The maximum absolute atomic E-state index is 10.5. The van der Waals surface area contributed by atoms with Gasteiger partial charge in [0.05, 0.1) is 6.61 Å². The van der Waals surface area contributed by atoms with Crippen molar-refractivity contribution in [3.8, 4) is 5.75 Å². The highest BCUT2D eigenvalue weighted by molar-refractivity contribution is 5.67. The molecule has 1 atom stereocenters. The quantitative estimate of drug-likeness (QED) is 0.768. The fraction of sp³-hybridized carbons (Fsp3) is 0.533. The van der Waals surface area contributed by atoms with E-state index in [-0.39, 0.29) is 6.42 Å². The maximum Gasteiger partial charge on any atom is 0.303 e. The van der Waals surface area contributed by atoms with Gasteiger partial charge in [0.15, 0.2) is 0 Å². The molecule has 3 nitrogen and oxygen atoms in total. The van der Waals surface area contributed by atoms with E-state index in [4.69, 9.17) is 9.84 Å². The summed E-state index contributed by atoms with van der Waals surface area (Å²) in [6.45, 7) is 5.10. The van der Waals surface area contributed by atoms with Crippen LogP contribution in [0.1, 0.15) is 38.7 Å². The van der Waals surface area contributed by atoms with Crippen LogP contribution in [-0.4, -0.2) is 17.7 Å². The lowest BCUT2D eigenvalue weighted by Crippen LogP contribution is -2.08. The van der Waals surface area contributed by atoms with E-state index < -0.39 is 5.97 Å². The van der Waals surface area contributed by atoms with Crippen molar-refractivity contribution in [1.29, 1.82) is 0 Å². The highest BCUT2D eigenvalue weighted by Crippen LogP contribution is 2.15. The van der Waals surface area contributed by atoms with Gasteiger partial charge in [-0.15, -0.1) is 0 Å². The molecule has 1 aromatic rings. The first-order valence-corrected chi connectivity index (χ1v) is 6.55. The van der Waals surface area contributed by atoms with Crippen LogP contribution in [0.15, 0.2) is 24.3 Å². The summed E-state index contributed by atoms with van der Waals surface area (Å²) in [5.41, 5.74) is 1.03. The molecule has 1 aromatic carbocycles. The van der Waals surface area contributed by atoms with Crippen LogP contribution in [0.5, 0.6) is 5.75 Å². The minimum Gasteiger partial charge on any atom is -0.493 e. The van der Waals surface area contributed by atoms with Crippen LogP contribution in [-0.2, 0) is 11.2 Å².